The summed E-state index contributed by atoms with van der Waals surface area (Å²) in [6.07, 6.45) is 0.572. The minimum absolute atomic E-state index is 0.0765. The predicted molar refractivity (Wildman–Crippen MR) is 98.0 cm³/mol. The molecule has 0 radical (unpaired) electrons. The van der Waals surface area contributed by atoms with Crippen LogP contribution in [0.15, 0.2) is 57.7 Å². The Bertz CT molecular complexity index is 997. The average molecular weight is 339 g/mol. The zero-order valence-corrected chi connectivity index (χ0v) is 14.0. The molecule has 2 N–H and O–H groups in total. The van der Waals surface area contributed by atoms with E-state index in [0.717, 1.165) is 5.39 Å². The van der Waals surface area contributed by atoms with Gasteiger partial charge in [0.15, 0.2) is 11.5 Å². The number of fused-ring (bicyclic) bond motifs is 1. The highest BCUT2D eigenvalue weighted by Gasteiger charge is 2.12. The number of hydrogen-bond acceptors (Lipinski definition) is 3. The van der Waals surface area contributed by atoms with Crippen LogP contribution in [0.4, 0.5) is 15.8 Å². The van der Waals surface area contributed by atoms with Gasteiger partial charge in [-0.3, -0.25) is 5.41 Å². The molecular formula is C19H18FN3O2. The molecule has 0 fully saturated rings. The maximum Gasteiger partial charge on any atom is 0.336 e. The minimum atomic E-state index is -0.451. The van der Waals surface area contributed by atoms with Crippen LogP contribution >= 0.6 is 0 Å². The molecule has 5 nitrogen and oxygen atoms in total. The van der Waals surface area contributed by atoms with Crippen molar-refractivity contribution >= 4 is 28.3 Å². The average Bonchev–Trinajstić information content (AvgIpc) is 2.62. The number of para-hydroxylation sites is 1. The molecular weight excluding hydrogens is 321 g/mol. The SMILES string of the molecule is CCc1cc(N(C)C(=N)Nc2cccc3ccc(=O)oc23)ccc1F. The number of halogens is 1. The highest BCUT2D eigenvalue weighted by molar-refractivity contribution is 6.06. The summed E-state index contributed by atoms with van der Waals surface area (Å²) in [5.41, 5.74) is 1.74. The van der Waals surface area contributed by atoms with E-state index in [1.165, 1.54) is 12.1 Å². The zero-order valence-electron chi connectivity index (χ0n) is 14.0. The molecule has 6 heteroatoms. The van der Waals surface area contributed by atoms with Gasteiger partial charge in [0.25, 0.3) is 0 Å². The van der Waals surface area contributed by atoms with E-state index in [4.69, 9.17) is 9.83 Å². The molecule has 3 rings (SSSR count). The molecule has 0 saturated carbocycles. The number of nitrogens with zero attached hydrogens (tertiary/aromatic N) is 1. The van der Waals surface area contributed by atoms with Crippen LogP contribution in [0.25, 0.3) is 11.0 Å². The van der Waals surface area contributed by atoms with E-state index in [-0.39, 0.29) is 11.8 Å². The summed E-state index contributed by atoms with van der Waals surface area (Å²) in [4.78, 5) is 13.1. The number of nitrogens with one attached hydrogen (secondary N) is 2. The Kier molecular flexibility index (Phi) is 4.52. The first-order valence-electron chi connectivity index (χ1n) is 7.90. The van der Waals surface area contributed by atoms with Gasteiger partial charge in [0, 0.05) is 24.2 Å². The van der Waals surface area contributed by atoms with E-state index in [9.17, 15) is 9.18 Å². The first-order chi connectivity index (χ1) is 12.0. The quantitative estimate of drug-likeness (QED) is 0.430. The Morgan fingerprint density at radius 1 is 1.24 bits per heavy atom. The van der Waals surface area contributed by atoms with Gasteiger partial charge >= 0.3 is 5.63 Å². The summed E-state index contributed by atoms with van der Waals surface area (Å²) >= 11 is 0. The summed E-state index contributed by atoms with van der Waals surface area (Å²) in [6.45, 7) is 1.88. The third-order valence-corrected chi connectivity index (χ3v) is 4.03. The molecule has 0 saturated heterocycles. The second kappa shape index (κ2) is 6.76. The monoisotopic (exact) mass is 339 g/mol. The van der Waals surface area contributed by atoms with Gasteiger partial charge in [-0.2, -0.15) is 0 Å². The lowest BCUT2D eigenvalue weighted by Gasteiger charge is -2.22. The molecule has 0 aliphatic rings. The van der Waals surface area contributed by atoms with Crippen LogP contribution < -0.4 is 15.8 Å². The molecule has 0 bridgehead atoms. The Labute approximate surface area is 144 Å². The smallest absolute Gasteiger partial charge is 0.336 e. The Morgan fingerprint density at radius 2 is 2.04 bits per heavy atom. The van der Waals surface area contributed by atoms with Gasteiger partial charge < -0.3 is 14.6 Å². The van der Waals surface area contributed by atoms with E-state index in [0.29, 0.717) is 28.9 Å². The predicted octanol–water partition coefficient (Wildman–Crippen LogP) is 3.98. The van der Waals surface area contributed by atoms with Crippen molar-refractivity contribution in [2.75, 3.05) is 17.3 Å². The number of hydrogen-bond donors (Lipinski definition) is 2. The molecule has 0 atom stereocenters. The van der Waals surface area contributed by atoms with Gasteiger partial charge in [0.1, 0.15) is 5.82 Å². The maximum absolute atomic E-state index is 13.7. The van der Waals surface area contributed by atoms with E-state index < -0.39 is 5.63 Å². The van der Waals surface area contributed by atoms with Crippen LogP contribution in [0.1, 0.15) is 12.5 Å². The van der Waals surface area contributed by atoms with E-state index in [1.807, 2.05) is 19.1 Å². The molecule has 2 aromatic carbocycles. The van der Waals surface area contributed by atoms with Crippen molar-refractivity contribution in [2.45, 2.75) is 13.3 Å². The molecule has 1 heterocycles. The number of anilines is 2. The number of guanidine groups is 1. The third-order valence-electron chi connectivity index (χ3n) is 4.03. The van der Waals surface area contributed by atoms with Crippen LogP contribution in [0, 0.1) is 11.2 Å². The van der Waals surface area contributed by atoms with Crippen molar-refractivity contribution < 1.29 is 8.81 Å². The van der Waals surface area contributed by atoms with Crippen LogP contribution in [-0.4, -0.2) is 13.0 Å². The number of benzene rings is 2. The van der Waals surface area contributed by atoms with Crippen molar-refractivity contribution in [1.82, 2.24) is 0 Å². The van der Waals surface area contributed by atoms with E-state index in [1.54, 1.807) is 36.2 Å². The largest absolute Gasteiger partial charge is 0.420 e. The van der Waals surface area contributed by atoms with Crippen LogP contribution in [0.2, 0.25) is 0 Å². The van der Waals surface area contributed by atoms with Crippen LogP contribution in [0.3, 0.4) is 0 Å². The Balaban J connectivity index is 1.90. The molecule has 25 heavy (non-hydrogen) atoms. The topological polar surface area (TPSA) is 69.3 Å². The van der Waals surface area contributed by atoms with E-state index in [2.05, 4.69) is 5.32 Å². The van der Waals surface area contributed by atoms with Gasteiger partial charge in [-0.05, 0) is 42.3 Å². The molecule has 0 spiro atoms. The standard InChI is InChI=1S/C19H18FN3O2/c1-3-12-11-14(8-9-15(12)20)23(2)19(21)22-16-6-4-5-13-7-10-17(24)25-18(13)16/h4-11H,3H2,1-2H3,(H2,21,22). The van der Waals surface area contributed by atoms with Crippen molar-refractivity contribution in [3.63, 3.8) is 0 Å². The molecule has 128 valence electrons. The van der Waals surface area contributed by atoms with Gasteiger partial charge in [-0.1, -0.05) is 19.1 Å². The summed E-state index contributed by atoms with van der Waals surface area (Å²) in [7, 11) is 1.71. The van der Waals surface area contributed by atoms with Crippen LogP contribution in [0.5, 0.6) is 0 Å². The van der Waals surface area contributed by atoms with Crippen molar-refractivity contribution in [3.8, 4) is 0 Å². The summed E-state index contributed by atoms with van der Waals surface area (Å²) in [6, 6.07) is 13.1. The van der Waals surface area contributed by atoms with Gasteiger partial charge in [-0.15, -0.1) is 0 Å². The fourth-order valence-electron chi connectivity index (χ4n) is 2.57. The number of rotatable bonds is 3. The first kappa shape index (κ1) is 16.7. The molecule has 3 aromatic rings. The Hall–Kier alpha value is -3.15. The molecule has 0 aliphatic heterocycles. The second-order valence-corrected chi connectivity index (χ2v) is 5.64. The second-order valence-electron chi connectivity index (χ2n) is 5.64. The normalized spacial score (nSPS) is 10.7. The molecule has 0 unspecified atom stereocenters. The first-order valence-corrected chi connectivity index (χ1v) is 7.90. The van der Waals surface area contributed by atoms with Gasteiger partial charge in [-0.25, -0.2) is 9.18 Å². The highest BCUT2D eigenvalue weighted by atomic mass is 19.1. The number of aryl methyl sites for hydroxylation is 1. The lowest BCUT2D eigenvalue weighted by atomic mass is 10.1. The van der Waals surface area contributed by atoms with Crippen molar-refractivity contribution in [3.05, 3.63) is 70.3 Å². The maximum atomic E-state index is 13.7. The fraction of sp³-hybridized carbons (Fsp3) is 0.158. The van der Waals surface area contributed by atoms with Crippen LogP contribution in [-0.2, 0) is 6.42 Å². The Morgan fingerprint density at radius 3 is 2.80 bits per heavy atom. The lowest BCUT2D eigenvalue weighted by Crippen LogP contribution is -2.32. The summed E-state index contributed by atoms with van der Waals surface area (Å²) in [5, 5.41) is 12.0. The minimum Gasteiger partial charge on any atom is -0.420 e. The summed E-state index contributed by atoms with van der Waals surface area (Å²) < 4.78 is 18.9. The fourth-order valence-corrected chi connectivity index (χ4v) is 2.57. The highest BCUT2D eigenvalue weighted by Crippen LogP contribution is 2.23. The van der Waals surface area contributed by atoms with Gasteiger partial charge in [0.2, 0.25) is 0 Å². The molecule has 0 aliphatic carbocycles. The van der Waals surface area contributed by atoms with Gasteiger partial charge in [0.05, 0.1) is 5.69 Å². The third kappa shape index (κ3) is 3.38. The summed E-state index contributed by atoms with van der Waals surface area (Å²) in [5.74, 6) is -0.178. The van der Waals surface area contributed by atoms with Crippen molar-refractivity contribution in [1.29, 1.82) is 5.41 Å². The lowest BCUT2D eigenvalue weighted by molar-refractivity contribution is 0.562. The molecule has 1 aromatic heterocycles. The van der Waals surface area contributed by atoms with E-state index >= 15 is 0 Å². The molecule has 0 amide bonds. The zero-order chi connectivity index (χ0) is 18.0. The van der Waals surface area contributed by atoms with Crippen molar-refractivity contribution in [2.24, 2.45) is 0 Å².